The highest BCUT2D eigenvalue weighted by atomic mass is 16.6. The summed E-state index contributed by atoms with van der Waals surface area (Å²) in [6.07, 6.45) is 4.01. The van der Waals surface area contributed by atoms with Gasteiger partial charge in [0.1, 0.15) is 6.61 Å². The van der Waals surface area contributed by atoms with Crippen molar-refractivity contribution in [3.8, 4) is 11.3 Å². The molecule has 0 radical (unpaired) electrons. The summed E-state index contributed by atoms with van der Waals surface area (Å²) >= 11 is 0. The summed E-state index contributed by atoms with van der Waals surface area (Å²) in [5.74, 6) is -0.350. The Morgan fingerprint density at radius 1 is 1.00 bits per heavy atom. The molecule has 3 aromatic rings. The van der Waals surface area contributed by atoms with Crippen LogP contribution in [0.3, 0.4) is 0 Å². The first-order valence-corrected chi connectivity index (χ1v) is 12.0. The van der Waals surface area contributed by atoms with Crippen LogP contribution in [0.2, 0.25) is 0 Å². The van der Waals surface area contributed by atoms with Gasteiger partial charge < -0.3 is 18.9 Å². The Labute approximate surface area is 204 Å². The van der Waals surface area contributed by atoms with E-state index in [0.717, 1.165) is 65.7 Å². The van der Waals surface area contributed by atoms with E-state index in [4.69, 9.17) is 9.47 Å². The third kappa shape index (κ3) is 4.46. The number of amides is 1. The summed E-state index contributed by atoms with van der Waals surface area (Å²) in [7, 11) is 1.39. The van der Waals surface area contributed by atoms with Crippen molar-refractivity contribution in [3.05, 3.63) is 82.0 Å². The molecule has 35 heavy (non-hydrogen) atoms. The van der Waals surface area contributed by atoms with E-state index in [1.807, 2.05) is 48.5 Å². The van der Waals surface area contributed by atoms with Crippen LogP contribution in [-0.4, -0.2) is 41.5 Å². The van der Waals surface area contributed by atoms with Gasteiger partial charge in [-0.2, -0.15) is 0 Å². The van der Waals surface area contributed by atoms with Crippen molar-refractivity contribution in [1.82, 2.24) is 9.47 Å². The first-order chi connectivity index (χ1) is 17.1. The van der Waals surface area contributed by atoms with E-state index in [1.165, 1.54) is 7.11 Å². The van der Waals surface area contributed by atoms with Gasteiger partial charge >= 0.3 is 12.1 Å². The molecule has 5 rings (SSSR count). The summed E-state index contributed by atoms with van der Waals surface area (Å²) in [5, 5.41) is 0. The molecule has 180 valence electrons. The normalized spacial score (nSPS) is 14.6. The molecule has 0 saturated heterocycles. The number of nitrogens with zero attached hydrogens (tertiary/aromatic N) is 2. The second-order valence-corrected chi connectivity index (χ2v) is 9.03. The van der Waals surface area contributed by atoms with Crippen LogP contribution < -0.4 is 0 Å². The predicted octanol–water partition coefficient (Wildman–Crippen LogP) is 4.79. The summed E-state index contributed by atoms with van der Waals surface area (Å²) in [4.78, 5) is 38.9. The minimum absolute atomic E-state index is 0.226. The zero-order valence-electron chi connectivity index (χ0n) is 19.8. The maximum atomic E-state index is 12.7. The molecule has 2 aliphatic heterocycles. The number of aldehydes is 1. The molecule has 0 atom stereocenters. The van der Waals surface area contributed by atoms with Crippen molar-refractivity contribution in [2.24, 2.45) is 0 Å². The van der Waals surface area contributed by atoms with E-state index < -0.39 is 0 Å². The maximum absolute atomic E-state index is 12.7. The first kappa shape index (κ1) is 22.9. The lowest BCUT2D eigenvalue weighted by molar-refractivity contribution is 0.0598. The lowest BCUT2D eigenvalue weighted by Crippen LogP contribution is -2.36. The van der Waals surface area contributed by atoms with E-state index in [1.54, 1.807) is 4.90 Å². The largest absolute Gasteiger partial charge is 0.465 e. The Morgan fingerprint density at radius 2 is 1.83 bits per heavy atom. The molecular formula is C28H28N2O5. The van der Waals surface area contributed by atoms with Gasteiger partial charge in [0.05, 0.1) is 12.7 Å². The third-order valence-electron chi connectivity index (χ3n) is 6.91. The number of rotatable bonds is 5. The highest BCUT2D eigenvalue weighted by molar-refractivity contribution is 5.95. The van der Waals surface area contributed by atoms with Crippen LogP contribution in [0.4, 0.5) is 4.79 Å². The Hall–Kier alpha value is -3.87. The maximum Gasteiger partial charge on any atom is 0.410 e. The van der Waals surface area contributed by atoms with Crippen LogP contribution >= 0.6 is 0 Å². The molecule has 0 unspecified atom stereocenters. The van der Waals surface area contributed by atoms with Crippen LogP contribution in [0.15, 0.2) is 48.5 Å². The molecule has 2 aromatic carbocycles. The van der Waals surface area contributed by atoms with E-state index >= 15 is 0 Å². The monoisotopic (exact) mass is 472 g/mol. The minimum atomic E-state index is -0.361. The molecule has 0 N–H and O–H groups in total. The van der Waals surface area contributed by atoms with Crippen molar-refractivity contribution in [2.45, 2.75) is 45.4 Å². The lowest BCUT2D eigenvalue weighted by atomic mass is 9.92. The number of ether oxygens (including phenoxy) is 2. The van der Waals surface area contributed by atoms with Gasteiger partial charge in [0.15, 0.2) is 6.29 Å². The van der Waals surface area contributed by atoms with Crippen LogP contribution in [0.5, 0.6) is 0 Å². The SMILES string of the molecule is COC(=O)c1cc(-c2cc3c(cc2C=O)CN(C(=O)OCc2ccccc2)CC3)n2c1CCCC2. The predicted molar refractivity (Wildman–Crippen MR) is 130 cm³/mol. The fourth-order valence-corrected chi connectivity index (χ4v) is 5.10. The standard InChI is InChI=1S/C28H28N2O5/c1-34-27(32)24-15-26(30-11-6-5-9-25(24)30)23-14-20-10-12-29(16-21(20)13-22(23)17-31)28(33)35-18-19-7-3-2-4-8-19/h2-4,7-8,13-15,17H,5-6,9-12,16,18H2,1H3. The van der Waals surface area contributed by atoms with Gasteiger partial charge in [0, 0.05) is 42.1 Å². The van der Waals surface area contributed by atoms with Gasteiger partial charge in [-0.25, -0.2) is 9.59 Å². The number of hydrogen-bond acceptors (Lipinski definition) is 5. The number of benzene rings is 2. The van der Waals surface area contributed by atoms with Gasteiger partial charge in [0.25, 0.3) is 0 Å². The number of carbonyl (C=O) groups excluding carboxylic acids is 3. The fourth-order valence-electron chi connectivity index (χ4n) is 5.10. The van der Waals surface area contributed by atoms with E-state index in [2.05, 4.69) is 4.57 Å². The zero-order chi connectivity index (χ0) is 24.4. The lowest BCUT2D eigenvalue weighted by Gasteiger charge is -2.29. The number of fused-ring (bicyclic) bond motifs is 2. The van der Waals surface area contributed by atoms with Gasteiger partial charge in [-0.05, 0) is 60.6 Å². The molecule has 0 fully saturated rings. The Kier molecular flexibility index (Phi) is 6.40. The van der Waals surface area contributed by atoms with Crippen LogP contribution in [0.25, 0.3) is 11.3 Å². The van der Waals surface area contributed by atoms with E-state index in [-0.39, 0.29) is 18.7 Å². The van der Waals surface area contributed by atoms with Crippen molar-refractivity contribution in [1.29, 1.82) is 0 Å². The van der Waals surface area contributed by atoms with Gasteiger partial charge in [-0.15, -0.1) is 0 Å². The van der Waals surface area contributed by atoms with E-state index in [9.17, 15) is 14.4 Å². The molecule has 1 aromatic heterocycles. The van der Waals surface area contributed by atoms with Crippen molar-refractivity contribution >= 4 is 18.3 Å². The quantitative estimate of drug-likeness (QED) is 0.394. The zero-order valence-corrected chi connectivity index (χ0v) is 19.8. The average molecular weight is 473 g/mol. The Morgan fingerprint density at radius 3 is 2.60 bits per heavy atom. The Bertz CT molecular complexity index is 1280. The smallest absolute Gasteiger partial charge is 0.410 e. The van der Waals surface area contributed by atoms with E-state index in [0.29, 0.717) is 30.6 Å². The number of methoxy groups -OCH3 is 1. The summed E-state index contributed by atoms with van der Waals surface area (Å²) < 4.78 is 12.7. The summed E-state index contributed by atoms with van der Waals surface area (Å²) in [5.41, 5.74) is 6.76. The highest BCUT2D eigenvalue weighted by Crippen LogP contribution is 2.35. The second-order valence-electron chi connectivity index (χ2n) is 9.03. The number of hydrogen-bond donors (Lipinski definition) is 0. The minimum Gasteiger partial charge on any atom is -0.465 e. The Balaban J connectivity index is 1.41. The van der Waals surface area contributed by atoms with Gasteiger partial charge in [0.2, 0.25) is 0 Å². The average Bonchev–Trinajstić information content (AvgIpc) is 3.30. The molecule has 7 heteroatoms. The molecule has 0 bridgehead atoms. The molecule has 1 amide bonds. The molecular weight excluding hydrogens is 444 g/mol. The van der Waals surface area contributed by atoms with Crippen molar-refractivity contribution < 1.29 is 23.9 Å². The number of carbonyl (C=O) groups is 3. The number of esters is 1. The molecule has 3 heterocycles. The topological polar surface area (TPSA) is 77.8 Å². The molecule has 7 nitrogen and oxygen atoms in total. The summed E-state index contributed by atoms with van der Waals surface area (Å²) in [6.45, 7) is 1.96. The van der Waals surface area contributed by atoms with Crippen molar-refractivity contribution in [3.63, 3.8) is 0 Å². The molecule has 0 aliphatic carbocycles. The number of aromatic nitrogens is 1. The van der Waals surface area contributed by atoms with Crippen LogP contribution in [-0.2, 0) is 42.0 Å². The van der Waals surface area contributed by atoms with Crippen molar-refractivity contribution in [2.75, 3.05) is 13.7 Å². The molecule has 0 spiro atoms. The molecule has 0 saturated carbocycles. The molecule has 2 aliphatic rings. The van der Waals surface area contributed by atoms with Gasteiger partial charge in [-0.1, -0.05) is 30.3 Å². The van der Waals surface area contributed by atoms with Crippen LogP contribution in [0.1, 0.15) is 55.9 Å². The van der Waals surface area contributed by atoms with Gasteiger partial charge in [-0.3, -0.25) is 4.79 Å². The van der Waals surface area contributed by atoms with Crippen LogP contribution in [0, 0.1) is 0 Å². The summed E-state index contributed by atoms with van der Waals surface area (Å²) in [6, 6.07) is 15.4. The third-order valence-corrected chi connectivity index (χ3v) is 6.91. The first-order valence-electron chi connectivity index (χ1n) is 12.0. The highest BCUT2D eigenvalue weighted by Gasteiger charge is 2.27. The fraction of sp³-hybridized carbons (Fsp3) is 0.321. The second kappa shape index (κ2) is 9.78.